The van der Waals surface area contributed by atoms with E-state index in [9.17, 15) is 9.18 Å². The molecule has 4 nitrogen and oxygen atoms in total. The molecule has 23 heavy (non-hydrogen) atoms. The molecule has 0 amide bonds. The lowest BCUT2D eigenvalue weighted by atomic mass is 10.2. The highest BCUT2D eigenvalue weighted by Gasteiger charge is 2.12. The van der Waals surface area contributed by atoms with Crippen molar-refractivity contribution < 1.29 is 23.4 Å². The Kier molecular flexibility index (Phi) is 6.23. The molecule has 0 fully saturated rings. The van der Waals surface area contributed by atoms with E-state index < -0.39 is 11.8 Å². The number of ether oxygens (including phenoxy) is 3. The van der Waals surface area contributed by atoms with Crippen molar-refractivity contribution in [3.8, 4) is 11.5 Å². The second kappa shape index (κ2) is 8.39. The number of carbonyl (C=O) groups is 1. The Labute approximate surface area is 138 Å². The maximum absolute atomic E-state index is 13.6. The van der Waals surface area contributed by atoms with Crippen molar-refractivity contribution in [2.24, 2.45) is 0 Å². The summed E-state index contributed by atoms with van der Waals surface area (Å²) in [6, 6.07) is 11.3. The fourth-order valence-corrected chi connectivity index (χ4v) is 2.06. The minimum atomic E-state index is -0.629. The van der Waals surface area contributed by atoms with Crippen LogP contribution in [0.4, 0.5) is 4.39 Å². The molecule has 0 radical (unpaired) electrons. The first-order valence-electron chi connectivity index (χ1n) is 7.05. The molecule has 0 aromatic heterocycles. The van der Waals surface area contributed by atoms with E-state index in [0.29, 0.717) is 18.1 Å². The third kappa shape index (κ3) is 4.86. The van der Waals surface area contributed by atoms with Gasteiger partial charge < -0.3 is 14.2 Å². The van der Waals surface area contributed by atoms with Crippen molar-refractivity contribution >= 4 is 17.6 Å². The number of benzene rings is 2. The number of hydrogen-bond donors (Lipinski definition) is 0. The third-order valence-corrected chi connectivity index (χ3v) is 3.29. The van der Waals surface area contributed by atoms with Crippen molar-refractivity contribution in [2.45, 2.75) is 13.5 Å². The molecule has 0 unspecified atom stereocenters. The number of halogens is 2. The largest absolute Gasteiger partial charge is 0.490 e. The molecule has 2 rings (SSSR count). The average molecular weight is 339 g/mol. The van der Waals surface area contributed by atoms with Crippen LogP contribution in [0.15, 0.2) is 42.5 Å². The minimum Gasteiger partial charge on any atom is -0.490 e. The summed E-state index contributed by atoms with van der Waals surface area (Å²) in [6.07, 6.45) is 0. The molecule has 0 atom stereocenters. The molecule has 0 spiro atoms. The van der Waals surface area contributed by atoms with Gasteiger partial charge in [0.1, 0.15) is 12.4 Å². The second-order valence-corrected chi connectivity index (χ2v) is 4.94. The number of esters is 1. The van der Waals surface area contributed by atoms with Gasteiger partial charge in [0.15, 0.2) is 18.1 Å². The maximum atomic E-state index is 13.6. The highest BCUT2D eigenvalue weighted by atomic mass is 35.5. The first kappa shape index (κ1) is 17.1. The zero-order chi connectivity index (χ0) is 16.7. The third-order valence-electron chi connectivity index (χ3n) is 2.93. The van der Waals surface area contributed by atoms with Gasteiger partial charge in [0, 0.05) is 5.56 Å². The number of para-hydroxylation sites is 2. The van der Waals surface area contributed by atoms with Crippen LogP contribution in [0.2, 0.25) is 5.02 Å². The van der Waals surface area contributed by atoms with Crippen LogP contribution in [0.5, 0.6) is 11.5 Å². The SMILES string of the molecule is CCOc1ccccc1OCC(=O)OCc1c(F)cccc1Cl. The van der Waals surface area contributed by atoms with Gasteiger partial charge in [0.2, 0.25) is 0 Å². The fourth-order valence-electron chi connectivity index (χ4n) is 1.85. The normalized spacial score (nSPS) is 10.2. The zero-order valence-electron chi connectivity index (χ0n) is 12.6. The summed E-state index contributed by atoms with van der Waals surface area (Å²) >= 11 is 5.86. The summed E-state index contributed by atoms with van der Waals surface area (Å²) in [7, 11) is 0. The van der Waals surface area contributed by atoms with E-state index in [-0.39, 0.29) is 23.8 Å². The number of rotatable bonds is 7. The summed E-state index contributed by atoms with van der Waals surface area (Å²) in [5.41, 5.74) is 0.136. The van der Waals surface area contributed by atoms with Gasteiger partial charge in [-0.05, 0) is 31.2 Å². The zero-order valence-corrected chi connectivity index (χ0v) is 13.3. The topological polar surface area (TPSA) is 44.8 Å². The molecule has 6 heteroatoms. The summed E-state index contributed by atoms with van der Waals surface area (Å²) < 4.78 is 29.3. The Morgan fingerprint density at radius 1 is 1.09 bits per heavy atom. The first-order chi connectivity index (χ1) is 11.1. The highest BCUT2D eigenvalue weighted by molar-refractivity contribution is 6.31. The first-order valence-corrected chi connectivity index (χ1v) is 7.42. The van der Waals surface area contributed by atoms with Crippen LogP contribution in [0.1, 0.15) is 12.5 Å². The van der Waals surface area contributed by atoms with E-state index in [1.807, 2.05) is 6.92 Å². The van der Waals surface area contributed by atoms with Gasteiger partial charge in [-0.3, -0.25) is 0 Å². The molecular weight excluding hydrogens is 323 g/mol. The van der Waals surface area contributed by atoms with Crippen molar-refractivity contribution in [2.75, 3.05) is 13.2 Å². The molecular formula is C17H16ClFO4. The van der Waals surface area contributed by atoms with Gasteiger partial charge in [-0.15, -0.1) is 0 Å². The molecule has 0 saturated carbocycles. The quantitative estimate of drug-likeness (QED) is 0.716. The lowest BCUT2D eigenvalue weighted by molar-refractivity contribution is -0.147. The molecule has 0 bridgehead atoms. The molecule has 2 aromatic carbocycles. The molecule has 122 valence electrons. The van der Waals surface area contributed by atoms with Crippen LogP contribution < -0.4 is 9.47 Å². The van der Waals surface area contributed by atoms with Gasteiger partial charge in [-0.25, -0.2) is 9.18 Å². The molecule has 0 heterocycles. The Hall–Kier alpha value is -2.27. The Bertz CT molecular complexity index is 655. The maximum Gasteiger partial charge on any atom is 0.344 e. The lowest BCUT2D eigenvalue weighted by Crippen LogP contribution is -2.15. The Morgan fingerprint density at radius 3 is 2.43 bits per heavy atom. The summed E-state index contributed by atoms with van der Waals surface area (Å²) in [5, 5.41) is 0.209. The Morgan fingerprint density at radius 2 is 1.78 bits per heavy atom. The van der Waals surface area contributed by atoms with E-state index in [4.69, 9.17) is 25.8 Å². The molecule has 2 aromatic rings. The van der Waals surface area contributed by atoms with E-state index in [1.165, 1.54) is 18.2 Å². The van der Waals surface area contributed by atoms with Gasteiger partial charge in [0.25, 0.3) is 0 Å². The lowest BCUT2D eigenvalue weighted by Gasteiger charge is -2.11. The fraction of sp³-hybridized carbons (Fsp3) is 0.235. The highest BCUT2D eigenvalue weighted by Crippen LogP contribution is 2.26. The van der Waals surface area contributed by atoms with Crippen LogP contribution in [-0.2, 0) is 16.1 Å². The van der Waals surface area contributed by atoms with E-state index in [1.54, 1.807) is 24.3 Å². The average Bonchev–Trinajstić information content (AvgIpc) is 2.54. The van der Waals surface area contributed by atoms with Crippen molar-refractivity contribution in [3.63, 3.8) is 0 Å². The molecule has 0 aliphatic carbocycles. The van der Waals surface area contributed by atoms with Crippen LogP contribution in [-0.4, -0.2) is 19.2 Å². The van der Waals surface area contributed by atoms with Crippen LogP contribution in [0, 0.1) is 5.82 Å². The van der Waals surface area contributed by atoms with Gasteiger partial charge in [0.05, 0.1) is 11.6 Å². The predicted octanol–water partition coefficient (Wildman–Crippen LogP) is 4.00. The standard InChI is InChI=1S/C17H16ClFO4/c1-2-21-15-8-3-4-9-16(15)22-11-17(20)23-10-12-13(18)6-5-7-14(12)19/h3-9H,2,10-11H2,1H3. The predicted molar refractivity (Wildman–Crippen MR) is 84.3 cm³/mol. The van der Waals surface area contributed by atoms with E-state index in [2.05, 4.69) is 0 Å². The van der Waals surface area contributed by atoms with E-state index in [0.717, 1.165) is 0 Å². The van der Waals surface area contributed by atoms with E-state index >= 15 is 0 Å². The van der Waals surface area contributed by atoms with Gasteiger partial charge in [-0.2, -0.15) is 0 Å². The monoisotopic (exact) mass is 338 g/mol. The molecule has 0 N–H and O–H groups in total. The van der Waals surface area contributed by atoms with Crippen LogP contribution >= 0.6 is 11.6 Å². The smallest absolute Gasteiger partial charge is 0.344 e. The summed E-state index contributed by atoms with van der Waals surface area (Å²) in [5.74, 6) is -0.168. The number of carbonyl (C=O) groups excluding carboxylic acids is 1. The van der Waals surface area contributed by atoms with Gasteiger partial charge >= 0.3 is 5.97 Å². The second-order valence-electron chi connectivity index (χ2n) is 4.53. The van der Waals surface area contributed by atoms with Crippen LogP contribution in [0.25, 0.3) is 0 Å². The number of hydrogen-bond acceptors (Lipinski definition) is 4. The van der Waals surface area contributed by atoms with Crippen molar-refractivity contribution in [1.29, 1.82) is 0 Å². The summed E-state index contributed by atoms with van der Waals surface area (Å²) in [6.45, 7) is 1.77. The van der Waals surface area contributed by atoms with Crippen molar-refractivity contribution in [3.05, 3.63) is 58.9 Å². The minimum absolute atomic E-state index is 0.136. The molecule has 0 aliphatic rings. The molecule has 0 aliphatic heterocycles. The van der Waals surface area contributed by atoms with Crippen LogP contribution in [0.3, 0.4) is 0 Å². The van der Waals surface area contributed by atoms with Crippen molar-refractivity contribution in [1.82, 2.24) is 0 Å². The molecule has 0 saturated heterocycles. The van der Waals surface area contributed by atoms with Gasteiger partial charge in [-0.1, -0.05) is 29.8 Å². The summed E-state index contributed by atoms with van der Waals surface area (Å²) in [4.78, 5) is 11.7. The Balaban J connectivity index is 1.89.